The number of benzene rings is 3. The Labute approximate surface area is 162 Å². The number of para-hydroxylation sites is 1. The van der Waals surface area contributed by atoms with Crippen molar-refractivity contribution in [2.24, 2.45) is 0 Å². The molecule has 3 aromatic carbocycles. The van der Waals surface area contributed by atoms with E-state index >= 15 is 0 Å². The van der Waals surface area contributed by atoms with Crippen molar-refractivity contribution < 1.29 is 4.79 Å². The van der Waals surface area contributed by atoms with Gasteiger partial charge in [-0.05, 0) is 55.0 Å². The average molecular weight is 366 g/mol. The second-order valence-corrected chi connectivity index (χ2v) is 6.47. The lowest BCUT2D eigenvalue weighted by Crippen LogP contribution is -2.22. The van der Waals surface area contributed by atoms with E-state index in [1.807, 2.05) is 48.5 Å². The second kappa shape index (κ2) is 7.45. The van der Waals surface area contributed by atoms with Gasteiger partial charge < -0.3 is 0 Å². The average Bonchev–Trinajstić information content (AvgIpc) is 2.73. The summed E-state index contributed by atoms with van der Waals surface area (Å²) in [6.07, 6.45) is 3.34. The van der Waals surface area contributed by atoms with E-state index in [0.717, 1.165) is 5.56 Å². The summed E-state index contributed by atoms with van der Waals surface area (Å²) in [5, 5.41) is 0.569. The molecule has 4 nitrogen and oxygen atoms in total. The molecule has 136 valence electrons. The van der Waals surface area contributed by atoms with Crippen LogP contribution >= 0.6 is 0 Å². The van der Waals surface area contributed by atoms with Crippen LogP contribution in [-0.2, 0) is 0 Å². The Kier molecular flexibility index (Phi) is 4.68. The Morgan fingerprint density at radius 3 is 2.32 bits per heavy atom. The van der Waals surface area contributed by atoms with Gasteiger partial charge >= 0.3 is 0 Å². The van der Waals surface area contributed by atoms with Crippen LogP contribution in [0.25, 0.3) is 22.7 Å². The number of hydrogen-bond donors (Lipinski definition) is 0. The van der Waals surface area contributed by atoms with Crippen molar-refractivity contribution in [2.45, 2.75) is 6.92 Å². The number of rotatable bonds is 4. The lowest BCUT2D eigenvalue weighted by Gasteiger charge is -2.11. The molecular formula is C24H18N2O2. The number of carbonyl (C=O) groups excluding carboxylic acids is 1. The quantitative estimate of drug-likeness (QED) is 0.392. The molecule has 4 heteroatoms. The van der Waals surface area contributed by atoms with Gasteiger partial charge in [0.05, 0.1) is 16.6 Å². The Hall–Kier alpha value is -3.79. The van der Waals surface area contributed by atoms with E-state index in [0.29, 0.717) is 28.0 Å². The van der Waals surface area contributed by atoms with Crippen molar-refractivity contribution in [3.63, 3.8) is 0 Å². The molecule has 0 spiro atoms. The Balaban J connectivity index is 1.65. The Morgan fingerprint density at radius 2 is 1.57 bits per heavy atom. The summed E-state index contributed by atoms with van der Waals surface area (Å²) in [7, 11) is 0. The predicted molar refractivity (Wildman–Crippen MR) is 112 cm³/mol. The fraction of sp³-hybridized carbons (Fsp3) is 0.0417. The highest BCUT2D eigenvalue weighted by atomic mass is 16.1. The van der Waals surface area contributed by atoms with Crippen LogP contribution in [0.15, 0.2) is 89.7 Å². The largest absolute Gasteiger partial charge is 0.289 e. The molecule has 0 saturated carbocycles. The minimum atomic E-state index is -0.119. The normalized spacial score (nSPS) is 11.2. The highest BCUT2D eigenvalue weighted by Gasteiger charge is 2.10. The maximum absolute atomic E-state index is 12.9. The third kappa shape index (κ3) is 3.40. The van der Waals surface area contributed by atoms with E-state index in [2.05, 4.69) is 4.98 Å². The molecule has 0 fully saturated rings. The fourth-order valence-corrected chi connectivity index (χ4v) is 3.15. The molecule has 0 saturated heterocycles. The van der Waals surface area contributed by atoms with Crippen LogP contribution in [0.3, 0.4) is 0 Å². The van der Waals surface area contributed by atoms with Crippen LogP contribution in [0.1, 0.15) is 21.7 Å². The van der Waals surface area contributed by atoms with E-state index < -0.39 is 0 Å². The molecule has 0 aliphatic rings. The molecule has 0 aliphatic heterocycles. The van der Waals surface area contributed by atoms with Crippen molar-refractivity contribution in [2.75, 3.05) is 0 Å². The summed E-state index contributed by atoms with van der Waals surface area (Å²) >= 11 is 0. The van der Waals surface area contributed by atoms with Crippen molar-refractivity contribution in [3.8, 4) is 5.69 Å². The first-order valence-corrected chi connectivity index (χ1v) is 9.00. The number of carbonyl (C=O) groups is 1. The van der Waals surface area contributed by atoms with Crippen LogP contribution in [0.4, 0.5) is 0 Å². The molecule has 0 atom stereocenters. The van der Waals surface area contributed by atoms with Gasteiger partial charge in [0, 0.05) is 5.56 Å². The molecule has 0 bridgehead atoms. The number of nitrogens with zero attached hydrogens (tertiary/aromatic N) is 2. The highest BCUT2D eigenvalue weighted by molar-refractivity contribution is 6.06. The first-order valence-electron chi connectivity index (χ1n) is 9.00. The second-order valence-electron chi connectivity index (χ2n) is 6.47. The smallest absolute Gasteiger partial charge is 0.265 e. The van der Waals surface area contributed by atoms with E-state index in [1.165, 1.54) is 0 Å². The summed E-state index contributed by atoms with van der Waals surface area (Å²) in [6, 6.07) is 24.0. The van der Waals surface area contributed by atoms with Gasteiger partial charge in [0.2, 0.25) is 0 Å². The summed E-state index contributed by atoms with van der Waals surface area (Å²) in [5.41, 5.74) is 2.78. The summed E-state index contributed by atoms with van der Waals surface area (Å²) < 4.78 is 1.57. The Morgan fingerprint density at radius 1 is 0.893 bits per heavy atom. The van der Waals surface area contributed by atoms with Gasteiger partial charge in [-0.3, -0.25) is 14.2 Å². The molecule has 1 aromatic heterocycles. The third-order valence-corrected chi connectivity index (χ3v) is 4.58. The van der Waals surface area contributed by atoms with E-state index in [1.54, 1.807) is 54.0 Å². The SMILES string of the molecule is Cc1nc2ccccc2c(=O)n1-c1ccc(C(=O)C=Cc2ccccc2)cc1. The zero-order valence-corrected chi connectivity index (χ0v) is 15.4. The third-order valence-electron chi connectivity index (χ3n) is 4.58. The van der Waals surface area contributed by atoms with Crippen molar-refractivity contribution in [3.05, 3.63) is 112 Å². The van der Waals surface area contributed by atoms with Crippen LogP contribution in [0.2, 0.25) is 0 Å². The minimum Gasteiger partial charge on any atom is -0.289 e. The van der Waals surface area contributed by atoms with E-state index in [9.17, 15) is 9.59 Å². The van der Waals surface area contributed by atoms with Gasteiger partial charge in [0.1, 0.15) is 5.82 Å². The molecule has 28 heavy (non-hydrogen) atoms. The van der Waals surface area contributed by atoms with Gasteiger partial charge in [-0.2, -0.15) is 0 Å². The topological polar surface area (TPSA) is 52.0 Å². The molecule has 0 N–H and O–H groups in total. The number of hydrogen-bond acceptors (Lipinski definition) is 3. The van der Waals surface area contributed by atoms with Gasteiger partial charge in [-0.15, -0.1) is 0 Å². The first kappa shape index (κ1) is 17.6. The molecule has 0 aliphatic carbocycles. The molecule has 0 amide bonds. The van der Waals surface area contributed by atoms with Crippen LogP contribution in [0, 0.1) is 6.92 Å². The molecule has 0 unspecified atom stereocenters. The molecule has 1 heterocycles. The lowest BCUT2D eigenvalue weighted by atomic mass is 10.1. The number of aromatic nitrogens is 2. The monoisotopic (exact) mass is 366 g/mol. The first-order chi connectivity index (χ1) is 13.6. The van der Waals surface area contributed by atoms with Gasteiger partial charge in [0.15, 0.2) is 5.78 Å². The minimum absolute atomic E-state index is 0.0869. The molecule has 0 radical (unpaired) electrons. The molecule has 4 rings (SSSR count). The standard InChI is InChI=1S/C24H18N2O2/c1-17-25-22-10-6-5-9-21(22)24(28)26(17)20-14-12-19(13-15-20)23(27)16-11-18-7-3-2-4-8-18/h2-16H,1H3. The Bertz CT molecular complexity index is 1240. The van der Waals surface area contributed by atoms with Gasteiger partial charge in [-0.25, -0.2) is 4.98 Å². The number of fused-ring (bicyclic) bond motifs is 1. The summed E-state index contributed by atoms with van der Waals surface area (Å²) in [5.74, 6) is 0.517. The molecular weight excluding hydrogens is 348 g/mol. The summed E-state index contributed by atoms with van der Waals surface area (Å²) in [6.45, 7) is 1.80. The fourth-order valence-electron chi connectivity index (χ4n) is 3.15. The van der Waals surface area contributed by atoms with Crippen molar-refractivity contribution in [1.29, 1.82) is 0 Å². The zero-order valence-electron chi connectivity index (χ0n) is 15.4. The van der Waals surface area contributed by atoms with Crippen molar-refractivity contribution in [1.82, 2.24) is 9.55 Å². The maximum Gasteiger partial charge on any atom is 0.265 e. The number of allylic oxidation sites excluding steroid dienone is 1. The lowest BCUT2D eigenvalue weighted by molar-refractivity contribution is 0.104. The van der Waals surface area contributed by atoms with Gasteiger partial charge in [0.25, 0.3) is 5.56 Å². The maximum atomic E-state index is 12.9. The summed E-state index contributed by atoms with van der Waals surface area (Å²) in [4.78, 5) is 29.8. The van der Waals surface area contributed by atoms with Crippen LogP contribution in [0.5, 0.6) is 0 Å². The molecule has 4 aromatic rings. The van der Waals surface area contributed by atoms with Crippen LogP contribution < -0.4 is 5.56 Å². The van der Waals surface area contributed by atoms with Gasteiger partial charge in [-0.1, -0.05) is 48.5 Å². The van der Waals surface area contributed by atoms with Crippen LogP contribution in [-0.4, -0.2) is 15.3 Å². The number of ketones is 1. The highest BCUT2D eigenvalue weighted by Crippen LogP contribution is 2.14. The van der Waals surface area contributed by atoms with Crippen molar-refractivity contribution >= 4 is 22.8 Å². The number of aryl methyl sites for hydroxylation is 1. The zero-order chi connectivity index (χ0) is 19.5. The van der Waals surface area contributed by atoms with E-state index in [-0.39, 0.29) is 11.3 Å². The predicted octanol–water partition coefficient (Wildman–Crippen LogP) is 4.59. The van der Waals surface area contributed by atoms with E-state index in [4.69, 9.17) is 0 Å².